The molecule has 5 nitrogen and oxygen atoms in total. The fraction of sp³-hybridized carbons (Fsp3) is 0.600. The number of aryl methyl sites for hydroxylation is 2. The second-order valence-corrected chi connectivity index (χ2v) is 3.79. The minimum atomic E-state index is -0.476. The van der Waals surface area contributed by atoms with Crippen molar-refractivity contribution in [1.29, 1.82) is 0 Å². The Hall–Kier alpha value is -1.36. The van der Waals surface area contributed by atoms with Crippen molar-refractivity contribution >= 4 is 5.91 Å². The molecule has 0 saturated heterocycles. The summed E-state index contributed by atoms with van der Waals surface area (Å²) in [5.41, 5.74) is 7.28. The predicted molar refractivity (Wildman–Crippen MR) is 56.1 cm³/mol. The number of nitrogens with two attached hydrogens (primary N) is 1. The molecular weight excluding hydrogens is 194 g/mol. The van der Waals surface area contributed by atoms with Crippen molar-refractivity contribution in [3.8, 4) is 0 Å². The minimum Gasteiger partial charge on any atom is -0.361 e. The summed E-state index contributed by atoms with van der Waals surface area (Å²) in [5, 5.41) is 3.83. The molecule has 1 rings (SSSR count). The van der Waals surface area contributed by atoms with Gasteiger partial charge < -0.3 is 15.2 Å². The third-order valence-corrected chi connectivity index (χ3v) is 2.34. The van der Waals surface area contributed by atoms with Gasteiger partial charge in [-0.2, -0.15) is 0 Å². The standard InChI is InChI=1S/C10H17N3O2/c1-6(11)10(14)13(4)5-9-7(2)12-15-8(9)3/h6H,5,11H2,1-4H3/t6-/m1/s1. The molecule has 0 aromatic carbocycles. The Morgan fingerprint density at radius 1 is 1.60 bits per heavy atom. The molecule has 0 fully saturated rings. The van der Waals surface area contributed by atoms with E-state index in [0.29, 0.717) is 6.54 Å². The van der Waals surface area contributed by atoms with Crippen LogP contribution >= 0.6 is 0 Å². The summed E-state index contributed by atoms with van der Waals surface area (Å²) in [4.78, 5) is 13.1. The Morgan fingerprint density at radius 3 is 2.60 bits per heavy atom. The lowest BCUT2D eigenvalue weighted by atomic mass is 10.2. The first-order valence-electron chi connectivity index (χ1n) is 4.85. The molecule has 0 saturated carbocycles. The van der Waals surface area contributed by atoms with Gasteiger partial charge in [-0.15, -0.1) is 0 Å². The highest BCUT2D eigenvalue weighted by Crippen LogP contribution is 2.14. The van der Waals surface area contributed by atoms with Gasteiger partial charge in [0, 0.05) is 12.6 Å². The molecule has 1 heterocycles. The van der Waals surface area contributed by atoms with E-state index in [1.165, 1.54) is 0 Å². The molecule has 0 aliphatic carbocycles. The van der Waals surface area contributed by atoms with Crippen LogP contribution in [-0.2, 0) is 11.3 Å². The Kier molecular flexibility index (Phi) is 3.47. The number of rotatable bonds is 3. The average Bonchev–Trinajstić information content (AvgIpc) is 2.47. The van der Waals surface area contributed by atoms with Crippen molar-refractivity contribution in [2.24, 2.45) is 5.73 Å². The van der Waals surface area contributed by atoms with Crippen molar-refractivity contribution in [3.05, 3.63) is 17.0 Å². The van der Waals surface area contributed by atoms with Crippen LogP contribution in [0.5, 0.6) is 0 Å². The van der Waals surface area contributed by atoms with Gasteiger partial charge >= 0.3 is 0 Å². The maximum Gasteiger partial charge on any atom is 0.239 e. The van der Waals surface area contributed by atoms with Crippen LogP contribution in [0.25, 0.3) is 0 Å². The topological polar surface area (TPSA) is 72.4 Å². The van der Waals surface area contributed by atoms with Crippen molar-refractivity contribution in [1.82, 2.24) is 10.1 Å². The number of carbonyl (C=O) groups is 1. The monoisotopic (exact) mass is 211 g/mol. The molecule has 0 unspecified atom stereocenters. The first-order chi connectivity index (χ1) is 6.93. The molecule has 1 atom stereocenters. The maximum absolute atomic E-state index is 11.5. The van der Waals surface area contributed by atoms with Gasteiger partial charge in [0.25, 0.3) is 0 Å². The van der Waals surface area contributed by atoms with Crippen LogP contribution in [-0.4, -0.2) is 29.1 Å². The van der Waals surface area contributed by atoms with Crippen molar-refractivity contribution in [2.75, 3.05) is 7.05 Å². The maximum atomic E-state index is 11.5. The summed E-state index contributed by atoms with van der Waals surface area (Å²) in [7, 11) is 1.72. The van der Waals surface area contributed by atoms with Crippen LogP contribution in [0.3, 0.4) is 0 Å². The van der Waals surface area contributed by atoms with Gasteiger partial charge in [0.05, 0.1) is 18.3 Å². The predicted octanol–water partition coefficient (Wildman–Crippen LogP) is 0.597. The number of hydrogen-bond acceptors (Lipinski definition) is 4. The van der Waals surface area contributed by atoms with Gasteiger partial charge in [-0.05, 0) is 20.8 Å². The number of likely N-dealkylation sites (N-methyl/N-ethyl adjacent to an activating group) is 1. The van der Waals surface area contributed by atoms with Gasteiger partial charge in [0.15, 0.2) is 0 Å². The Labute approximate surface area is 89.2 Å². The van der Waals surface area contributed by atoms with Gasteiger partial charge in [0.2, 0.25) is 5.91 Å². The SMILES string of the molecule is Cc1noc(C)c1CN(C)C(=O)[C@@H](C)N. The molecule has 1 amide bonds. The molecule has 1 aromatic rings. The zero-order valence-corrected chi connectivity index (χ0v) is 9.57. The van der Waals surface area contributed by atoms with E-state index in [9.17, 15) is 4.79 Å². The lowest BCUT2D eigenvalue weighted by Crippen LogP contribution is -2.39. The van der Waals surface area contributed by atoms with Gasteiger partial charge in [0.1, 0.15) is 5.76 Å². The van der Waals surface area contributed by atoms with Crippen LogP contribution in [0, 0.1) is 13.8 Å². The molecule has 0 aliphatic heterocycles. The summed E-state index contributed by atoms with van der Waals surface area (Å²) in [6.07, 6.45) is 0. The summed E-state index contributed by atoms with van der Waals surface area (Å²) < 4.78 is 5.02. The van der Waals surface area contributed by atoms with Crippen molar-refractivity contribution in [2.45, 2.75) is 33.4 Å². The van der Waals surface area contributed by atoms with E-state index < -0.39 is 6.04 Å². The number of hydrogen-bond donors (Lipinski definition) is 1. The quantitative estimate of drug-likeness (QED) is 0.794. The Bertz CT molecular complexity index is 338. The average molecular weight is 211 g/mol. The second-order valence-electron chi connectivity index (χ2n) is 3.79. The van der Waals surface area contributed by atoms with Crippen LogP contribution in [0.4, 0.5) is 0 Å². The molecule has 0 radical (unpaired) electrons. The van der Waals surface area contributed by atoms with E-state index in [2.05, 4.69) is 5.16 Å². The first kappa shape index (κ1) is 11.7. The fourth-order valence-electron chi connectivity index (χ4n) is 1.39. The second kappa shape index (κ2) is 4.44. The van der Waals surface area contributed by atoms with E-state index in [-0.39, 0.29) is 5.91 Å². The molecule has 0 bridgehead atoms. The van der Waals surface area contributed by atoms with Crippen molar-refractivity contribution in [3.63, 3.8) is 0 Å². The molecule has 5 heteroatoms. The van der Waals surface area contributed by atoms with Crippen LogP contribution in [0.2, 0.25) is 0 Å². The normalized spacial score (nSPS) is 12.6. The summed E-state index contributed by atoms with van der Waals surface area (Å²) in [5.74, 6) is 0.659. The fourth-order valence-corrected chi connectivity index (χ4v) is 1.39. The lowest BCUT2D eigenvalue weighted by molar-refractivity contribution is -0.131. The highest BCUT2D eigenvalue weighted by atomic mass is 16.5. The molecule has 2 N–H and O–H groups in total. The largest absolute Gasteiger partial charge is 0.361 e. The smallest absolute Gasteiger partial charge is 0.239 e. The Morgan fingerprint density at radius 2 is 2.20 bits per heavy atom. The molecule has 1 aromatic heterocycles. The summed E-state index contributed by atoms with van der Waals surface area (Å²) >= 11 is 0. The van der Waals surface area contributed by atoms with Crippen molar-refractivity contribution < 1.29 is 9.32 Å². The Balaban J connectivity index is 2.74. The lowest BCUT2D eigenvalue weighted by Gasteiger charge is -2.18. The zero-order valence-electron chi connectivity index (χ0n) is 9.57. The van der Waals surface area contributed by atoms with Crippen LogP contribution in [0.1, 0.15) is 23.9 Å². The highest BCUT2D eigenvalue weighted by Gasteiger charge is 2.17. The van der Waals surface area contributed by atoms with Gasteiger partial charge in [-0.1, -0.05) is 5.16 Å². The van der Waals surface area contributed by atoms with E-state index in [0.717, 1.165) is 17.0 Å². The summed E-state index contributed by atoms with van der Waals surface area (Å²) in [6.45, 7) is 5.85. The number of carbonyl (C=O) groups excluding carboxylic acids is 1. The number of nitrogens with zero attached hydrogens (tertiary/aromatic N) is 2. The summed E-state index contributed by atoms with van der Waals surface area (Å²) in [6, 6.07) is -0.476. The molecular formula is C10H17N3O2. The number of aromatic nitrogens is 1. The molecule has 0 aliphatic rings. The van der Waals surface area contributed by atoms with E-state index in [4.69, 9.17) is 10.3 Å². The van der Waals surface area contributed by atoms with Gasteiger partial charge in [-0.3, -0.25) is 4.79 Å². The third-order valence-electron chi connectivity index (χ3n) is 2.34. The van der Waals surface area contributed by atoms with E-state index in [1.54, 1.807) is 18.9 Å². The molecule has 15 heavy (non-hydrogen) atoms. The third kappa shape index (κ3) is 2.56. The first-order valence-corrected chi connectivity index (χ1v) is 4.85. The molecule has 0 spiro atoms. The van der Waals surface area contributed by atoms with E-state index in [1.807, 2.05) is 13.8 Å². The van der Waals surface area contributed by atoms with Gasteiger partial charge in [-0.25, -0.2) is 0 Å². The number of amides is 1. The minimum absolute atomic E-state index is 0.0880. The highest BCUT2D eigenvalue weighted by molar-refractivity contribution is 5.80. The van der Waals surface area contributed by atoms with Crippen LogP contribution < -0.4 is 5.73 Å². The molecule has 84 valence electrons. The van der Waals surface area contributed by atoms with Crippen LogP contribution in [0.15, 0.2) is 4.52 Å². The van der Waals surface area contributed by atoms with E-state index >= 15 is 0 Å². The zero-order chi connectivity index (χ0) is 11.6.